The summed E-state index contributed by atoms with van der Waals surface area (Å²) in [7, 11) is 1.45. The molecule has 1 spiro atoms. The first-order chi connectivity index (χ1) is 11.9. The summed E-state index contributed by atoms with van der Waals surface area (Å²) in [6.07, 6.45) is 0.688. The van der Waals surface area contributed by atoms with Gasteiger partial charge in [0.15, 0.2) is 11.6 Å². The van der Waals surface area contributed by atoms with Crippen molar-refractivity contribution in [3.63, 3.8) is 0 Å². The summed E-state index contributed by atoms with van der Waals surface area (Å²) in [5, 5.41) is 21.1. The molecule has 132 valence electrons. The van der Waals surface area contributed by atoms with Gasteiger partial charge in [0.25, 0.3) is 0 Å². The number of hydrogen-bond donors (Lipinski definition) is 2. The Hall–Kier alpha value is -1.93. The monoisotopic (exact) mass is 366 g/mol. The second kappa shape index (κ2) is 5.54. The Bertz CT molecular complexity index is 836. The van der Waals surface area contributed by atoms with Gasteiger partial charge in [-0.05, 0) is 0 Å². The molecule has 0 aromatic heterocycles. The fraction of sp³-hybridized carbons (Fsp3) is 0.412. The normalized spacial score (nSPS) is 24.2. The van der Waals surface area contributed by atoms with Crippen molar-refractivity contribution in [2.45, 2.75) is 24.7 Å². The van der Waals surface area contributed by atoms with Gasteiger partial charge >= 0.3 is 0 Å². The molecule has 1 fully saturated rings. The Kier molecular flexibility index (Phi) is 3.66. The summed E-state index contributed by atoms with van der Waals surface area (Å²) < 4.78 is 16.8. The fourth-order valence-electron chi connectivity index (χ4n) is 3.80. The van der Waals surface area contributed by atoms with Crippen molar-refractivity contribution in [2.24, 2.45) is 0 Å². The van der Waals surface area contributed by atoms with Crippen LogP contribution in [-0.4, -0.2) is 47.9 Å². The van der Waals surface area contributed by atoms with Crippen LogP contribution in [0, 0.1) is 0 Å². The molecule has 1 aromatic carbocycles. The van der Waals surface area contributed by atoms with Crippen molar-refractivity contribution in [2.75, 3.05) is 20.3 Å². The number of allylic oxidation sites excluding steroid dienone is 2. The van der Waals surface area contributed by atoms with Crippen molar-refractivity contribution in [1.29, 1.82) is 0 Å². The van der Waals surface area contributed by atoms with Gasteiger partial charge in [-0.2, -0.15) is 0 Å². The maximum atomic E-state index is 12.4. The van der Waals surface area contributed by atoms with Crippen LogP contribution in [0.1, 0.15) is 44.4 Å². The third-order valence-corrected chi connectivity index (χ3v) is 5.18. The molecule has 8 heteroatoms. The molecule has 1 heterocycles. The van der Waals surface area contributed by atoms with E-state index in [1.807, 2.05) is 0 Å². The van der Waals surface area contributed by atoms with E-state index < -0.39 is 29.2 Å². The third-order valence-electron chi connectivity index (χ3n) is 4.90. The number of ether oxygens (including phenoxy) is 3. The van der Waals surface area contributed by atoms with Crippen molar-refractivity contribution in [1.82, 2.24) is 0 Å². The molecule has 1 atom stereocenters. The van der Waals surface area contributed by atoms with Gasteiger partial charge < -0.3 is 24.4 Å². The lowest BCUT2D eigenvalue weighted by Crippen LogP contribution is -2.40. The highest BCUT2D eigenvalue weighted by atomic mass is 35.5. The van der Waals surface area contributed by atoms with Gasteiger partial charge in [-0.25, -0.2) is 0 Å². The van der Waals surface area contributed by atoms with E-state index in [1.54, 1.807) is 0 Å². The summed E-state index contributed by atoms with van der Waals surface area (Å²) in [5.74, 6) is -3.12. The molecule has 3 aliphatic rings. The lowest BCUT2D eigenvalue weighted by molar-refractivity contribution is -0.185. The molecular formula is C17H15ClO7. The molecule has 4 rings (SSSR count). The SMILES string of the molecule is COC1CC2(Cc3c(O)c4c(c(O)c31)C(=O)C=C(Cl)C4=O)OCCO2. The minimum atomic E-state index is -0.993. The Labute approximate surface area is 147 Å². The van der Waals surface area contributed by atoms with E-state index >= 15 is 0 Å². The number of Topliss-reactive ketones (excluding diaryl/α,β-unsaturated/α-hetero) is 1. The molecule has 0 radical (unpaired) electrons. The van der Waals surface area contributed by atoms with Crippen LogP contribution in [0.5, 0.6) is 11.5 Å². The van der Waals surface area contributed by atoms with Crippen molar-refractivity contribution >= 4 is 23.2 Å². The van der Waals surface area contributed by atoms with E-state index in [1.165, 1.54) is 7.11 Å². The highest BCUT2D eigenvalue weighted by molar-refractivity contribution is 6.49. The van der Waals surface area contributed by atoms with Crippen LogP contribution in [0.2, 0.25) is 0 Å². The fourth-order valence-corrected chi connectivity index (χ4v) is 3.99. The number of halogens is 1. The third kappa shape index (κ3) is 2.23. The first-order valence-electron chi connectivity index (χ1n) is 7.76. The molecule has 1 aromatic rings. The molecule has 0 saturated carbocycles. The zero-order valence-electron chi connectivity index (χ0n) is 13.3. The lowest BCUT2D eigenvalue weighted by Gasteiger charge is -2.38. The van der Waals surface area contributed by atoms with Crippen molar-refractivity contribution < 1.29 is 34.0 Å². The van der Waals surface area contributed by atoms with Crippen LogP contribution in [0.25, 0.3) is 0 Å². The molecule has 2 aliphatic carbocycles. The van der Waals surface area contributed by atoms with Gasteiger partial charge in [0.05, 0.1) is 35.5 Å². The van der Waals surface area contributed by atoms with Crippen LogP contribution >= 0.6 is 11.6 Å². The van der Waals surface area contributed by atoms with Gasteiger partial charge in [-0.1, -0.05) is 11.6 Å². The summed E-state index contributed by atoms with van der Waals surface area (Å²) in [6, 6.07) is 0. The molecule has 7 nitrogen and oxygen atoms in total. The number of benzene rings is 1. The van der Waals surface area contributed by atoms with E-state index in [0.29, 0.717) is 19.6 Å². The van der Waals surface area contributed by atoms with E-state index in [-0.39, 0.29) is 39.5 Å². The van der Waals surface area contributed by atoms with Crippen LogP contribution in [-0.2, 0) is 20.6 Å². The maximum absolute atomic E-state index is 12.4. The minimum Gasteiger partial charge on any atom is -0.507 e. The molecule has 0 bridgehead atoms. The Morgan fingerprint density at radius 1 is 1.20 bits per heavy atom. The van der Waals surface area contributed by atoms with Crippen LogP contribution < -0.4 is 0 Å². The number of phenols is 2. The standard InChI is InChI=1S/C17H15ClO7/c1-23-10-6-17(24-2-3-25-17)5-7-11(10)16(22)12-9(19)4-8(18)15(21)13(12)14(7)20/h4,10,20,22H,2-3,5-6H2,1H3. The van der Waals surface area contributed by atoms with Gasteiger partial charge in [0, 0.05) is 37.2 Å². The Morgan fingerprint density at radius 3 is 2.52 bits per heavy atom. The second-order valence-electron chi connectivity index (χ2n) is 6.24. The Balaban J connectivity index is 1.99. The zero-order valence-corrected chi connectivity index (χ0v) is 14.1. The molecule has 1 unspecified atom stereocenters. The summed E-state index contributed by atoms with van der Waals surface area (Å²) in [5.41, 5.74) is -0.00428. The molecular weight excluding hydrogens is 352 g/mol. The predicted octanol–water partition coefficient (Wildman–Crippen LogP) is 1.98. The average Bonchev–Trinajstić information content (AvgIpc) is 3.02. The van der Waals surface area contributed by atoms with Crippen LogP contribution in [0.4, 0.5) is 0 Å². The summed E-state index contributed by atoms with van der Waals surface area (Å²) in [6.45, 7) is 0.796. The molecule has 25 heavy (non-hydrogen) atoms. The number of hydrogen-bond acceptors (Lipinski definition) is 7. The van der Waals surface area contributed by atoms with Crippen LogP contribution in [0.15, 0.2) is 11.1 Å². The largest absolute Gasteiger partial charge is 0.507 e. The lowest BCUT2D eigenvalue weighted by atomic mass is 9.78. The van der Waals surface area contributed by atoms with E-state index in [0.717, 1.165) is 6.08 Å². The van der Waals surface area contributed by atoms with Gasteiger partial charge in [0.2, 0.25) is 5.78 Å². The quantitative estimate of drug-likeness (QED) is 0.732. The number of ketones is 2. The highest BCUT2D eigenvalue weighted by Crippen LogP contribution is 2.52. The average molecular weight is 367 g/mol. The number of carbonyl (C=O) groups is 2. The summed E-state index contributed by atoms with van der Waals surface area (Å²) >= 11 is 5.80. The highest BCUT2D eigenvalue weighted by Gasteiger charge is 2.48. The number of phenolic OH excluding ortho intramolecular Hbond substituents is 2. The van der Waals surface area contributed by atoms with E-state index in [2.05, 4.69) is 0 Å². The van der Waals surface area contributed by atoms with Gasteiger partial charge in [0.1, 0.15) is 11.5 Å². The first kappa shape index (κ1) is 16.5. The maximum Gasteiger partial charge on any atom is 0.209 e. The number of methoxy groups -OCH3 is 1. The van der Waals surface area contributed by atoms with E-state index in [4.69, 9.17) is 25.8 Å². The van der Waals surface area contributed by atoms with Gasteiger partial charge in [-0.15, -0.1) is 0 Å². The molecule has 1 saturated heterocycles. The molecule has 1 aliphatic heterocycles. The minimum absolute atomic E-state index is 0.123. The molecule has 2 N–H and O–H groups in total. The van der Waals surface area contributed by atoms with Crippen LogP contribution in [0.3, 0.4) is 0 Å². The first-order valence-corrected chi connectivity index (χ1v) is 8.14. The number of rotatable bonds is 1. The Morgan fingerprint density at radius 2 is 1.88 bits per heavy atom. The zero-order chi connectivity index (χ0) is 17.9. The second-order valence-corrected chi connectivity index (χ2v) is 6.65. The van der Waals surface area contributed by atoms with Crippen molar-refractivity contribution in [3.05, 3.63) is 33.4 Å². The van der Waals surface area contributed by atoms with Gasteiger partial charge in [-0.3, -0.25) is 9.59 Å². The number of aromatic hydroxyl groups is 2. The number of fused-ring (bicyclic) bond motifs is 2. The summed E-state index contributed by atoms with van der Waals surface area (Å²) in [4.78, 5) is 24.6. The molecule has 0 amide bonds. The topological polar surface area (TPSA) is 102 Å². The smallest absolute Gasteiger partial charge is 0.209 e. The number of carbonyl (C=O) groups excluding carboxylic acids is 2. The van der Waals surface area contributed by atoms with Crippen molar-refractivity contribution in [3.8, 4) is 11.5 Å². The predicted molar refractivity (Wildman–Crippen MR) is 85.1 cm³/mol. The van der Waals surface area contributed by atoms with E-state index in [9.17, 15) is 19.8 Å².